The zero-order chi connectivity index (χ0) is 18.1. The minimum atomic E-state index is 0.233. The number of hydrogen-bond donors (Lipinski definition) is 0. The highest BCUT2D eigenvalue weighted by atomic mass is 32.2. The quantitative estimate of drug-likeness (QED) is 0.656. The first-order chi connectivity index (χ1) is 12.6. The van der Waals surface area contributed by atoms with E-state index in [0.717, 1.165) is 39.5 Å². The van der Waals surface area contributed by atoms with E-state index in [1.807, 2.05) is 25.2 Å². The first kappa shape index (κ1) is 17.0. The van der Waals surface area contributed by atoms with Crippen LogP contribution in [0.3, 0.4) is 0 Å². The van der Waals surface area contributed by atoms with Gasteiger partial charge in [-0.15, -0.1) is 11.8 Å². The number of aromatic nitrogens is 4. The van der Waals surface area contributed by atoms with Crippen LogP contribution in [0.5, 0.6) is 0 Å². The Morgan fingerprint density at radius 1 is 1.19 bits per heavy atom. The summed E-state index contributed by atoms with van der Waals surface area (Å²) < 4.78 is 1.77. The lowest BCUT2D eigenvalue weighted by Gasteiger charge is -2.25. The third kappa shape index (κ3) is 3.17. The highest BCUT2D eigenvalue weighted by molar-refractivity contribution is 7.98. The van der Waals surface area contributed by atoms with Gasteiger partial charge in [-0.1, -0.05) is 19.1 Å². The number of benzene rings is 1. The fourth-order valence-corrected chi connectivity index (χ4v) is 4.55. The lowest BCUT2D eigenvalue weighted by molar-refractivity contribution is 0.0950. The number of hydrogen-bond acceptors (Lipinski definition) is 5. The van der Waals surface area contributed by atoms with E-state index in [9.17, 15) is 4.79 Å². The van der Waals surface area contributed by atoms with Gasteiger partial charge in [-0.25, -0.2) is 4.98 Å². The lowest BCUT2D eigenvalue weighted by Crippen LogP contribution is -2.20. The highest BCUT2D eigenvalue weighted by Gasteiger charge is 2.28. The molecule has 0 N–H and O–H groups in total. The van der Waals surface area contributed by atoms with Crippen LogP contribution >= 0.6 is 11.8 Å². The molecule has 0 saturated carbocycles. The molecule has 132 valence electrons. The summed E-state index contributed by atoms with van der Waals surface area (Å²) in [6, 6.07) is 10.1. The van der Waals surface area contributed by atoms with E-state index in [2.05, 4.69) is 34.1 Å². The number of aryl methyl sites for hydroxylation is 1. The van der Waals surface area contributed by atoms with Gasteiger partial charge < -0.3 is 0 Å². The number of carbonyl (C=O) groups is 1. The van der Waals surface area contributed by atoms with Crippen molar-refractivity contribution in [1.29, 1.82) is 0 Å². The maximum atomic E-state index is 12.9. The molecule has 0 radical (unpaired) electrons. The smallest absolute Gasteiger partial charge is 0.164 e. The predicted octanol–water partition coefficient (Wildman–Crippen LogP) is 3.93. The third-order valence-corrected chi connectivity index (χ3v) is 5.80. The topological polar surface area (TPSA) is 60.7 Å². The van der Waals surface area contributed by atoms with Crippen LogP contribution in [0.1, 0.15) is 35.1 Å². The SMILES string of the molecule is CC1CC(=O)c2c(SCc3ncnn3C)ccc(-c3ccccn3)c2C1. The zero-order valence-electron chi connectivity index (χ0n) is 14.8. The van der Waals surface area contributed by atoms with Crippen molar-refractivity contribution < 1.29 is 4.79 Å². The van der Waals surface area contributed by atoms with E-state index in [-0.39, 0.29) is 5.78 Å². The molecule has 1 aromatic carbocycles. The number of fused-ring (bicyclic) bond motifs is 1. The zero-order valence-corrected chi connectivity index (χ0v) is 15.7. The molecule has 1 aliphatic carbocycles. The highest BCUT2D eigenvalue weighted by Crippen LogP contribution is 2.39. The molecule has 0 saturated heterocycles. The molecule has 0 bridgehead atoms. The number of thioether (sulfide) groups is 1. The van der Waals surface area contributed by atoms with Crippen molar-refractivity contribution in [3.8, 4) is 11.3 Å². The van der Waals surface area contributed by atoms with Crippen molar-refractivity contribution in [2.45, 2.75) is 30.4 Å². The van der Waals surface area contributed by atoms with Gasteiger partial charge in [0.2, 0.25) is 0 Å². The third-order valence-electron chi connectivity index (χ3n) is 4.74. The second-order valence-corrected chi connectivity index (χ2v) is 7.72. The molecule has 6 heteroatoms. The van der Waals surface area contributed by atoms with Gasteiger partial charge in [-0.3, -0.25) is 14.5 Å². The fourth-order valence-electron chi connectivity index (χ4n) is 3.46. The molecule has 5 nitrogen and oxygen atoms in total. The van der Waals surface area contributed by atoms with E-state index < -0.39 is 0 Å². The standard InChI is InChI=1S/C20H20N4OS/c1-13-9-15-14(16-5-3-4-8-21-16)6-7-18(20(15)17(25)10-13)26-11-19-22-12-23-24(19)2/h3-8,12-13H,9-11H2,1-2H3. The Labute approximate surface area is 156 Å². The van der Waals surface area contributed by atoms with E-state index in [0.29, 0.717) is 18.1 Å². The summed E-state index contributed by atoms with van der Waals surface area (Å²) in [7, 11) is 1.88. The minimum Gasteiger partial charge on any atom is -0.294 e. The summed E-state index contributed by atoms with van der Waals surface area (Å²) >= 11 is 1.65. The molecule has 1 atom stereocenters. The molecule has 2 aromatic heterocycles. The molecule has 0 spiro atoms. The molecule has 0 amide bonds. The molecule has 1 aliphatic rings. The van der Waals surface area contributed by atoms with Gasteiger partial charge in [-0.05, 0) is 36.1 Å². The Bertz CT molecular complexity index is 952. The normalized spacial score (nSPS) is 16.5. The van der Waals surface area contributed by atoms with E-state index in [1.165, 1.54) is 0 Å². The van der Waals surface area contributed by atoms with Crippen LogP contribution in [-0.2, 0) is 19.2 Å². The lowest BCUT2D eigenvalue weighted by atomic mass is 9.81. The van der Waals surface area contributed by atoms with Crippen LogP contribution in [0.25, 0.3) is 11.3 Å². The van der Waals surface area contributed by atoms with Crippen LogP contribution in [0.15, 0.2) is 47.8 Å². The van der Waals surface area contributed by atoms with Gasteiger partial charge >= 0.3 is 0 Å². The van der Waals surface area contributed by atoms with E-state index in [4.69, 9.17) is 0 Å². The van der Waals surface area contributed by atoms with Gasteiger partial charge in [-0.2, -0.15) is 5.10 Å². The Morgan fingerprint density at radius 2 is 2.08 bits per heavy atom. The maximum absolute atomic E-state index is 12.9. The number of Topliss-reactive ketones (excluding diaryl/α,β-unsaturated/α-hetero) is 1. The average Bonchev–Trinajstić information content (AvgIpc) is 3.05. The number of rotatable bonds is 4. The second-order valence-electron chi connectivity index (χ2n) is 6.70. The second kappa shape index (κ2) is 7.03. The predicted molar refractivity (Wildman–Crippen MR) is 102 cm³/mol. The Kier molecular flexibility index (Phi) is 4.59. The van der Waals surface area contributed by atoms with Crippen LogP contribution in [0.2, 0.25) is 0 Å². The number of pyridine rings is 1. The van der Waals surface area contributed by atoms with Crippen LogP contribution < -0.4 is 0 Å². The monoisotopic (exact) mass is 364 g/mol. The van der Waals surface area contributed by atoms with Gasteiger partial charge in [0.25, 0.3) is 0 Å². The van der Waals surface area contributed by atoms with Crippen molar-refractivity contribution in [2.75, 3.05) is 0 Å². The van der Waals surface area contributed by atoms with Gasteiger partial charge in [0.1, 0.15) is 12.2 Å². The van der Waals surface area contributed by atoms with Crippen molar-refractivity contribution in [1.82, 2.24) is 19.7 Å². The molecule has 2 heterocycles. The maximum Gasteiger partial charge on any atom is 0.164 e. The van der Waals surface area contributed by atoms with Gasteiger partial charge in [0, 0.05) is 35.7 Å². The van der Waals surface area contributed by atoms with Crippen molar-refractivity contribution in [3.63, 3.8) is 0 Å². The van der Waals surface area contributed by atoms with Crippen LogP contribution in [0, 0.1) is 5.92 Å². The summed E-state index contributed by atoms with van der Waals surface area (Å²) in [6.07, 6.45) is 4.87. The van der Waals surface area contributed by atoms with Gasteiger partial charge in [0.15, 0.2) is 5.78 Å². The summed E-state index contributed by atoms with van der Waals surface area (Å²) in [6.45, 7) is 2.14. The molecule has 0 fully saturated rings. The molecule has 1 unspecified atom stereocenters. The van der Waals surface area contributed by atoms with Crippen LogP contribution in [0.4, 0.5) is 0 Å². The van der Waals surface area contributed by atoms with E-state index >= 15 is 0 Å². The summed E-state index contributed by atoms with van der Waals surface area (Å²) in [4.78, 5) is 22.7. The molecule has 4 rings (SSSR count). The molecular weight excluding hydrogens is 344 g/mol. The summed E-state index contributed by atoms with van der Waals surface area (Å²) in [5.41, 5.74) is 4.01. The van der Waals surface area contributed by atoms with Crippen LogP contribution in [-0.4, -0.2) is 25.5 Å². The average molecular weight is 364 g/mol. The molecule has 26 heavy (non-hydrogen) atoms. The fraction of sp³-hybridized carbons (Fsp3) is 0.300. The van der Waals surface area contributed by atoms with Crippen molar-refractivity contribution in [2.24, 2.45) is 13.0 Å². The number of ketones is 1. The summed E-state index contributed by atoms with van der Waals surface area (Å²) in [5, 5.41) is 4.11. The first-order valence-electron chi connectivity index (χ1n) is 8.69. The van der Waals surface area contributed by atoms with Gasteiger partial charge in [0.05, 0.1) is 11.4 Å². The largest absolute Gasteiger partial charge is 0.294 e. The Morgan fingerprint density at radius 3 is 2.81 bits per heavy atom. The summed E-state index contributed by atoms with van der Waals surface area (Å²) in [5.74, 6) is 2.18. The molecule has 3 aromatic rings. The Hall–Kier alpha value is -2.47. The number of nitrogens with zero attached hydrogens (tertiary/aromatic N) is 4. The first-order valence-corrected chi connectivity index (χ1v) is 9.68. The van der Waals surface area contributed by atoms with E-state index in [1.54, 1.807) is 29.0 Å². The van der Waals surface area contributed by atoms with Crippen molar-refractivity contribution >= 4 is 17.5 Å². The molecular formula is C20H20N4OS. The minimum absolute atomic E-state index is 0.233. The number of carbonyl (C=O) groups excluding carboxylic acids is 1. The van der Waals surface area contributed by atoms with Crippen molar-refractivity contribution in [3.05, 3.63) is 59.8 Å². The molecule has 0 aliphatic heterocycles. The Balaban J connectivity index is 1.75.